The zero-order valence-corrected chi connectivity index (χ0v) is 77.7. The van der Waals surface area contributed by atoms with Crippen molar-refractivity contribution in [3.05, 3.63) is 468 Å². The van der Waals surface area contributed by atoms with Gasteiger partial charge in [0.05, 0.1) is 44.4 Å². The molecule has 8 heterocycles. The first-order chi connectivity index (χ1) is 71.9. The topological polar surface area (TPSA) is 169 Å². The summed E-state index contributed by atoms with van der Waals surface area (Å²) in [4.78, 5) is 59.4. The molecule has 0 amide bonds. The molecule has 8 aromatic heterocycles. The lowest BCUT2D eigenvalue weighted by Gasteiger charge is -2.16. The van der Waals surface area contributed by atoms with Crippen molar-refractivity contribution in [3.8, 4) is 187 Å². The van der Waals surface area contributed by atoms with Gasteiger partial charge in [-0.1, -0.05) is 388 Å². The van der Waals surface area contributed by atoms with Crippen LogP contribution >= 0.6 is 0 Å². The molecule has 0 saturated heterocycles. The van der Waals surface area contributed by atoms with Crippen LogP contribution < -0.4 is 0 Å². The SMILES string of the molecule is c1ccc(-c2nc(-c3ccccc3)nc(-c3cc(-n4c5cccc6c5c5c7c(cccc7ccc54)-c4ccccc4-6)c4ccccc4c3)n2)cc1.c1ccc(-c2nc(-c3ccccc3)nc(-c3ccc(-n4c5cccc6c5c5c7c(cccc7ccc54)-c4ccccc4-6)nc3)n2)cc1.c1ccc(-c2nc(-c3ccccc3)nc(-c3cnc(-n4c5cccc6c5c5c7c(cccc7ccc54)-c4ccccc4-6)nc3)n2)cc1. The van der Waals surface area contributed by atoms with Crippen LogP contribution in [0, 0.1) is 0 Å². The van der Waals surface area contributed by atoms with Crippen LogP contribution in [0.5, 0.6) is 0 Å². The van der Waals surface area contributed by atoms with Gasteiger partial charge >= 0.3 is 0 Å². The van der Waals surface area contributed by atoms with Crippen molar-refractivity contribution in [2.24, 2.45) is 0 Å². The van der Waals surface area contributed by atoms with E-state index in [0.717, 1.165) is 94.4 Å². The highest BCUT2D eigenvalue weighted by Crippen LogP contribution is 2.55. The van der Waals surface area contributed by atoms with E-state index in [1.165, 1.54) is 142 Å². The van der Waals surface area contributed by atoms with E-state index in [-0.39, 0.29) is 0 Å². The first-order valence-electron chi connectivity index (χ1n) is 48.6. The molecule has 0 N–H and O–H groups in total. The van der Waals surface area contributed by atoms with Crippen LogP contribution in [0.4, 0.5) is 0 Å². The predicted octanol–water partition coefficient (Wildman–Crippen LogP) is 31.6. The summed E-state index contributed by atoms with van der Waals surface area (Å²) in [5.74, 6) is 6.95. The van der Waals surface area contributed by atoms with Crippen LogP contribution in [0.2, 0.25) is 0 Å². The quantitative estimate of drug-likeness (QED) is 0.114. The van der Waals surface area contributed by atoms with Crippen molar-refractivity contribution in [2.45, 2.75) is 0 Å². The molecule has 0 radical (unpaired) electrons. The Balaban J connectivity index is 0.000000103. The maximum absolute atomic E-state index is 5.12. The van der Waals surface area contributed by atoms with Crippen LogP contribution in [0.3, 0.4) is 0 Å². The fourth-order valence-corrected chi connectivity index (χ4v) is 22.3. The van der Waals surface area contributed by atoms with E-state index < -0.39 is 0 Å². The van der Waals surface area contributed by atoms with E-state index in [9.17, 15) is 0 Å². The van der Waals surface area contributed by atoms with E-state index in [1.807, 2.05) is 176 Å². The smallest absolute Gasteiger partial charge is 0.234 e. The van der Waals surface area contributed by atoms with Gasteiger partial charge < -0.3 is 4.57 Å². The summed E-state index contributed by atoms with van der Waals surface area (Å²) in [5, 5.41) is 17.4. The van der Waals surface area contributed by atoms with Gasteiger partial charge in [0, 0.05) is 101 Å². The van der Waals surface area contributed by atoms with E-state index in [4.69, 9.17) is 59.8 Å². The molecule has 31 rings (SSSR count). The molecule has 0 spiro atoms. The molecule has 0 bridgehead atoms. The van der Waals surface area contributed by atoms with Crippen LogP contribution in [0.1, 0.15) is 0 Å². The molecule has 28 aromatic rings. The van der Waals surface area contributed by atoms with Crippen molar-refractivity contribution in [3.63, 3.8) is 0 Å². The number of rotatable bonds is 12. The van der Waals surface area contributed by atoms with Gasteiger partial charge in [-0.15, -0.1) is 0 Å². The minimum absolute atomic E-state index is 0.524. The summed E-state index contributed by atoms with van der Waals surface area (Å²) in [6.07, 6.45) is 5.51. The summed E-state index contributed by atoms with van der Waals surface area (Å²) in [7, 11) is 0. The van der Waals surface area contributed by atoms with Gasteiger partial charge in [-0.25, -0.2) is 59.8 Å². The van der Waals surface area contributed by atoms with Crippen molar-refractivity contribution >= 4 is 109 Å². The fraction of sp³-hybridized carbons (Fsp3) is 0. The largest absolute Gasteiger partial charge is 0.309 e. The average Bonchev–Trinajstić information content (AvgIpc) is 1.54. The fourth-order valence-electron chi connectivity index (χ4n) is 22.3. The van der Waals surface area contributed by atoms with Gasteiger partial charge in [0.15, 0.2) is 52.4 Å². The summed E-state index contributed by atoms with van der Waals surface area (Å²) in [6.45, 7) is 0. The number of benzene rings is 20. The molecule has 0 unspecified atom stereocenters. The normalized spacial score (nSPS) is 11.9. The highest BCUT2D eigenvalue weighted by molar-refractivity contribution is 6.34. The molecular weight excluding hydrogens is 1770 g/mol. The first-order valence-corrected chi connectivity index (χ1v) is 48.6. The third-order valence-electron chi connectivity index (χ3n) is 28.7. The van der Waals surface area contributed by atoms with Gasteiger partial charge in [0.2, 0.25) is 5.95 Å². The van der Waals surface area contributed by atoms with E-state index in [2.05, 4.69) is 305 Å². The lowest BCUT2D eigenvalue weighted by Crippen LogP contribution is -2.03. The second-order valence-electron chi connectivity index (χ2n) is 36.8. The lowest BCUT2D eigenvalue weighted by atomic mass is 9.93. The van der Waals surface area contributed by atoms with E-state index >= 15 is 0 Å². The second-order valence-corrected chi connectivity index (χ2v) is 36.8. The molecular formula is C130H77N15. The Labute approximate surface area is 830 Å². The Morgan fingerprint density at radius 1 is 0.145 bits per heavy atom. The van der Waals surface area contributed by atoms with Crippen LogP contribution in [-0.4, -0.2) is 73.5 Å². The van der Waals surface area contributed by atoms with E-state index in [1.54, 1.807) is 0 Å². The number of pyridine rings is 1. The van der Waals surface area contributed by atoms with Gasteiger partial charge in [-0.05, 0) is 165 Å². The molecule has 672 valence electrons. The Hall–Kier alpha value is -19.9. The first kappa shape index (κ1) is 82.2. The molecule has 20 aromatic carbocycles. The average molecular weight is 1850 g/mol. The summed E-state index contributed by atoms with van der Waals surface area (Å²) < 4.78 is 6.93. The van der Waals surface area contributed by atoms with Crippen molar-refractivity contribution in [2.75, 3.05) is 0 Å². The van der Waals surface area contributed by atoms with Crippen LogP contribution in [-0.2, 0) is 0 Å². The lowest BCUT2D eigenvalue weighted by molar-refractivity contribution is 0.982. The number of hydrogen-bond donors (Lipinski definition) is 0. The molecule has 0 fully saturated rings. The molecule has 0 atom stereocenters. The van der Waals surface area contributed by atoms with Crippen molar-refractivity contribution < 1.29 is 0 Å². The molecule has 15 heteroatoms. The Morgan fingerprint density at radius 3 is 0.766 bits per heavy atom. The zero-order chi connectivity index (χ0) is 95.3. The number of aromatic nitrogens is 15. The molecule has 0 saturated carbocycles. The molecule has 0 aliphatic heterocycles. The van der Waals surface area contributed by atoms with Gasteiger partial charge in [0.25, 0.3) is 0 Å². The summed E-state index contributed by atoms with van der Waals surface area (Å²) >= 11 is 0. The summed E-state index contributed by atoms with van der Waals surface area (Å²) in [6, 6.07) is 157. The Bertz CT molecular complexity index is 9630. The molecule has 15 nitrogen and oxygen atoms in total. The third kappa shape index (κ3) is 13.4. The third-order valence-corrected chi connectivity index (χ3v) is 28.7. The van der Waals surface area contributed by atoms with Gasteiger partial charge in [-0.3, -0.25) is 9.13 Å². The summed E-state index contributed by atoms with van der Waals surface area (Å²) in [5.41, 5.74) is 31.0. The highest BCUT2D eigenvalue weighted by Gasteiger charge is 2.32. The molecule has 3 aliphatic carbocycles. The maximum Gasteiger partial charge on any atom is 0.234 e. The standard InChI is InChI=1S/C47H28N4.C42H25N5.C41H24N6/c1-3-13-30(14-4-1)45-48-46(31-15-5-2-6-16-31)50-47(49-45)33-27-32-17-7-8-19-34(32)41(28-33)51-39-24-12-23-38-36-21-10-9-20-35(36)37-22-11-18-29-25-26-40(51)44(42(29)37)43(38)39;1-3-11-27(12-4-1)40-44-41(28-13-5-2-6-14-28)46-42(45-40)29-22-24-36(43-25-29)47-34-20-10-19-33-31-17-8-7-16-30(31)32-18-9-15-26-21-23-35(47)39(37(26)32)38(33)34;1-3-11-26(12-4-1)38-44-39(27-13-5-2-6-14-27)46-40(45-38)28-23-42-41(43-24-28)47-33-20-10-19-32-30-17-8-7-16-29(30)31-18-9-15-25-21-22-34(47)37(35(25)31)36(32)33/h1-28H;1-25H;1-24H. The highest BCUT2D eigenvalue weighted by atomic mass is 15.2. The van der Waals surface area contributed by atoms with Crippen molar-refractivity contribution in [1.82, 2.24) is 73.5 Å². The Morgan fingerprint density at radius 2 is 0.407 bits per heavy atom. The van der Waals surface area contributed by atoms with Crippen LogP contribution in [0.15, 0.2) is 468 Å². The number of fused-ring (bicyclic) bond motifs is 10. The minimum Gasteiger partial charge on any atom is -0.309 e. The molecule has 145 heavy (non-hydrogen) atoms. The van der Waals surface area contributed by atoms with Crippen LogP contribution in [0.25, 0.3) is 295 Å². The van der Waals surface area contributed by atoms with Gasteiger partial charge in [-0.2, -0.15) is 0 Å². The monoisotopic (exact) mass is 1850 g/mol. The second kappa shape index (κ2) is 33.5. The van der Waals surface area contributed by atoms with E-state index in [0.29, 0.717) is 58.4 Å². The maximum atomic E-state index is 5.12. The molecule has 3 aliphatic rings. The Kier molecular flexibility index (Phi) is 19.0. The number of nitrogens with zero attached hydrogens (tertiary/aromatic N) is 15. The van der Waals surface area contributed by atoms with Crippen molar-refractivity contribution in [1.29, 1.82) is 0 Å². The zero-order valence-electron chi connectivity index (χ0n) is 77.7. The van der Waals surface area contributed by atoms with Gasteiger partial charge in [0.1, 0.15) is 5.82 Å². The number of hydrogen-bond acceptors (Lipinski definition) is 12. The minimum atomic E-state index is 0.524. The predicted molar refractivity (Wildman–Crippen MR) is 588 cm³/mol.